The van der Waals surface area contributed by atoms with Gasteiger partial charge < -0.3 is 15.4 Å². The van der Waals surface area contributed by atoms with Crippen molar-refractivity contribution in [1.29, 1.82) is 0 Å². The summed E-state index contributed by atoms with van der Waals surface area (Å²) in [5.74, 6) is 0. The zero-order valence-corrected chi connectivity index (χ0v) is 12.0. The van der Waals surface area contributed by atoms with Gasteiger partial charge in [0.05, 0.1) is 12.6 Å². The van der Waals surface area contributed by atoms with E-state index >= 15 is 0 Å². The topological polar surface area (TPSA) is 81.3 Å². The first kappa shape index (κ1) is 15.5. The minimum Gasteiger partial charge on any atom is -0.598 e. The van der Waals surface area contributed by atoms with Crippen LogP contribution in [0, 0.1) is 0 Å². The molecule has 0 aromatic heterocycles. The maximum atomic E-state index is 12.0. The second kappa shape index (κ2) is 6.54. The Labute approximate surface area is 112 Å². The average Bonchev–Trinajstić information content (AvgIpc) is 2.34. The van der Waals surface area contributed by atoms with Gasteiger partial charge in [-0.1, -0.05) is 24.3 Å². The Kier molecular flexibility index (Phi) is 5.62. The summed E-state index contributed by atoms with van der Waals surface area (Å²) in [5.41, 5.74) is 7.55. The molecule has 18 heavy (non-hydrogen) atoms. The Balaban J connectivity index is 2.76. The highest BCUT2D eigenvalue weighted by Gasteiger charge is 2.29. The molecule has 0 radical (unpaired) electrons. The van der Waals surface area contributed by atoms with Crippen molar-refractivity contribution in [3.63, 3.8) is 0 Å². The van der Waals surface area contributed by atoms with E-state index in [-0.39, 0.29) is 17.4 Å². The van der Waals surface area contributed by atoms with Crippen LogP contribution in [0.1, 0.15) is 37.9 Å². The van der Waals surface area contributed by atoms with Crippen LogP contribution in [0.2, 0.25) is 0 Å². The molecule has 0 saturated heterocycles. The lowest BCUT2D eigenvalue weighted by molar-refractivity contribution is 0.282. The number of aliphatic hydroxyl groups excluding tert-OH is 1. The fourth-order valence-corrected chi connectivity index (χ4v) is 2.26. The molecule has 0 aliphatic rings. The SMILES string of the molecule is CC(C)(C)[S+]([O-])NC(CN)c1ccc(CO)cc1. The molecule has 1 aromatic carbocycles. The van der Waals surface area contributed by atoms with Gasteiger partial charge in [0, 0.05) is 17.9 Å². The van der Waals surface area contributed by atoms with Crippen molar-refractivity contribution in [2.45, 2.75) is 38.2 Å². The zero-order chi connectivity index (χ0) is 13.8. The Hall–Kier alpha value is -0.590. The van der Waals surface area contributed by atoms with Crippen molar-refractivity contribution >= 4 is 11.4 Å². The van der Waals surface area contributed by atoms with Crippen molar-refractivity contribution in [2.24, 2.45) is 5.73 Å². The number of aliphatic hydroxyl groups is 1. The third-order valence-electron chi connectivity index (χ3n) is 2.61. The molecule has 1 aromatic rings. The summed E-state index contributed by atoms with van der Waals surface area (Å²) in [4.78, 5) is 0. The summed E-state index contributed by atoms with van der Waals surface area (Å²) in [6.45, 7) is 6.14. The number of nitrogens with two attached hydrogens (primary N) is 1. The molecule has 0 spiro atoms. The standard InChI is InChI=1S/C13H22N2O2S/c1-13(2,3)18(17)15-12(8-14)11-6-4-10(9-16)5-7-11/h4-7,12,15-16H,8-9,14H2,1-3H3. The lowest BCUT2D eigenvalue weighted by Gasteiger charge is -2.27. The summed E-state index contributed by atoms with van der Waals surface area (Å²) in [5, 5.41) is 8.99. The van der Waals surface area contributed by atoms with Crippen LogP contribution in [-0.2, 0) is 18.0 Å². The lowest BCUT2D eigenvalue weighted by Crippen LogP contribution is -2.43. The number of rotatable bonds is 5. The van der Waals surface area contributed by atoms with Gasteiger partial charge >= 0.3 is 0 Å². The zero-order valence-electron chi connectivity index (χ0n) is 11.1. The highest BCUT2D eigenvalue weighted by Crippen LogP contribution is 2.19. The molecule has 0 fully saturated rings. The predicted molar refractivity (Wildman–Crippen MR) is 75.2 cm³/mol. The number of hydrogen-bond donors (Lipinski definition) is 3. The van der Waals surface area contributed by atoms with E-state index in [1.165, 1.54) is 0 Å². The van der Waals surface area contributed by atoms with E-state index < -0.39 is 11.4 Å². The second-order valence-corrected chi connectivity index (χ2v) is 7.18. The summed E-state index contributed by atoms with van der Waals surface area (Å²) < 4.78 is 14.8. The van der Waals surface area contributed by atoms with Gasteiger partial charge in [0.2, 0.25) is 0 Å². The monoisotopic (exact) mass is 270 g/mol. The van der Waals surface area contributed by atoms with E-state index in [4.69, 9.17) is 10.8 Å². The first-order chi connectivity index (χ1) is 8.38. The molecule has 102 valence electrons. The Morgan fingerprint density at radius 2 is 1.89 bits per heavy atom. The molecule has 0 bridgehead atoms. The van der Waals surface area contributed by atoms with E-state index in [0.717, 1.165) is 11.1 Å². The molecule has 5 heteroatoms. The molecule has 0 aliphatic carbocycles. The summed E-state index contributed by atoms with van der Waals surface area (Å²) >= 11 is -1.15. The third kappa shape index (κ3) is 4.26. The molecule has 0 amide bonds. The van der Waals surface area contributed by atoms with Gasteiger partial charge in [-0.15, -0.1) is 4.72 Å². The van der Waals surface area contributed by atoms with E-state index in [0.29, 0.717) is 6.54 Å². The summed E-state index contributed by atoms with van der Waals surface area (Å²) in [6, 6.07) is 7.35. The summed E-state index contributed by atoms with van der Waals surface area (Å²) in [6.07, 6.45) is 0. The molecule has 0 saturated carbocycles. The predicted octanol–water partition coefficient (Wildman–Crippen LogP) is 1.23. The average molecular weight is 270 g/mol. The molecular formula is C13H22N2O2S. The van der Waals surface area contributed by atoms with Crippen LogP contribution >= 0.6 is 0 Å². The van der Waals surface area contributed by atoms with Crippen LogP contribution in [0.3, 0.4) is 0 Å². The molecule has 1 rings (SSSR count). The van der Waals surface area contributed by atoms with Crippen molar-refractivity contribution in [3.05, 3.63) is 35.4 Å². The van der Waals surface area contributed by atoms with Gasteiger partial charge in [0.1, 0.15) is 4.75 Å². The number of nitrogens with one attached hydrogen (secondary N) is 1. The normalized spacial score (nSPS) is 15.4. The first-order valence-electron chi connectivity index (χ1n) is 5.96. The fourth-order valence-electron chi connectivity index (χ4n) is 1.41. The van der Waals surface area contributed by atoms with Crippen molar-refractivity contribution in [2.75, 3.05) is 6.54 Å². The quantitative estimate of drug-likeness (QED) is 0.703. The lowest BCUT2D eigenvalue weighted by atomic mass is 10.1. The van der Waals surface area contributed by atoms with Gasteiger partial charge in [0.15, 0.2) is 0 Å². The maximum absolute atomic E-state index is 12.0. The molecule has 2 atom stereocenters. The van der Waals surface area contributed by atoms with Crippen LogP contribution in [0.25, 0.3) is 0 Å². The Morgan fingerprint density at radius 1 is 1.33 bits per heavy atom. The van der Waals surface area contributed by atoms with E-state index in [2.05, 4.69) is 4.72 Å². The molecule has 2 unspecified atom stereocenters. The van der Waals surface area contributed by atoms with Gasteiger partial charge in [-0.05, 0) is 31.9 Å². The highest BCUT2D eigenvalue weighted by molar-refractivity contribution is 7.90. The molecule has 4 N–H and O–H groups in total. The van der Waals surface area contributed by atoms with Gasteiger partial charge in [0.25, 0.3) is 0 Å². The number of benzene rings is 1. The Morgan fingerprint density at radius 3 is 2.28 bits per heavy atom. The van der Waals surface area contributed by atoms with Crippen molar-refractivity contribution in [3.8, 4) is 0 Å². The minimum atomic E-state index is -1.15. The van der Waals surface area contributed by atoms with Gasteiger partial charge in [-0.3, -0.25) is 0 Å². The summed E-state index contributed by atoms with van der Waals surface area (Å²) in [7, 11) is 0. The van der Waals surface area contributed by atoms with E-state index in [1.807, 2.05) is 45.0 Å². The molecule has 0 heterocycles. The van der Waals surface area contributed by atoms with Crippen LogP contribution in [0.4, 0.5) is 0 Å². The largest absolute Gasteiger partial charge is 0.598 e. The molecule has 4 nitrogen and oxygen atoms in total. The van der Waals surface area contributed by atoms with Crippen LogP contribution in [-0.4, -0.2) is 21.0 Å². The third-order valence-corrected chi connectivity index (χ3v) is 4.22. The maximum Gasteiger partial charge on any atom is 0.136 e. The van der Waals surface area contributed by atoms with E-state index in [9.17, 15) is 4.55 Å². The molecular weight excluding hydrogens is 248 g/mol. The minimum absolute atomic E-state index is 0.0227. The highest BCUT2D eigenvalue weighted by atomic mass is 32.2. The van der Waals surface area contributed by atoms with Crippen LogP contribution in [0.15, 0.2) is 24.3 Å². The van der Waals surface area contributed by atoms with Gasteiger partial charge in [-0.2, -0.15) is 0 Å². The van der Waals surface area contributed by atoms with Crippen LogP contribution in [0.5, 0.6) is 0 Å². The molecule has 0 aliphatic heterocycles. The van der Waals surface area contributed by atoms with Crippen molar-refractivity contribution in [1.82, 2.24) is 4.72 Å². The fraction of sp³-hybridized carbons (Fsp3) is 0.538. The second-order valence-electron chi connectivity index (χ2n) is 5.19. The Bertz CT molecular complexity index is 362. The van der Waals surface area contributed by atoms with Crippen molar-refractivity contribution < 1.29 is 9.66 Å². The smallest absolute Gasteiger partial charge is 0.136 e. The van der Waals surface area contributed by atoms with E-state index in [1.54, 1.807) is 0 Å². The number of hydrogen-bond acceptors (Lipinski definition) is 4. The van der Waals surface area contributed by atoms with Crippen LogP contribution < -0.4 is 10.5 Å². The first-order valence-corrected chi connectivity index (χ1v) is 7.11. The van der Waals surface area contributed by atoms with Gasteiger partial charge in [-0.25, -0.2) is 0 Å².